The second-order valence-corrected chi connectivity index (χ2v) is 4.76. The van der Waals surface area contributed by atoms with Crippen LogP contribution in [0.4, 0.5) is 0 Å². The predicted octanol–water partition coefficient (Wildman–Crippen LogP) is 3.30. The third-order valence-corrected chi connectivity index (χ3v) is 3.40. The van der Waals surface area contributed by atoms with Gasteiger partial charge in [-0.3, -0.25) is 0 Å². The largest absolute Gasteiger partial charge is 0.464 e. The summed E-state index contributed by atoms with van der Waals surface area (Å²) in [4.78, 5) is 10.8. The van der Waals surface area contributed by atoms with Crippen molar-refractivity contribution in [3.8, 4) is 11.1 Å². The lowest BCUT2D eigenvalue weighted by Gasteiger charge is -2.07. The Morgan fingerprint density at radius 1 is 1.10 bits per heavy atom. The van der Waals surface area contributed by atoms with Gasteiger partial charge in [0.05, 0.1) is 6.26 Å². The maximum Gasteiger partial charge on any atom is 0.141 e. The summed E-state index contributed by atoms with van der Waals surface area (Å²) in [5, 5.41) is 1.01. The molecule has 0 saturated carbocycles. The number of nitrogens with two attached hydrogens (primary N) is 1. The fraction of sp³-hybridized carbons (Fsp3) is 0.118. The summed E-state index contributed by atoms with van der Waals surface area (Å²) in [7, 11) is 0. The van der Waals surface area contributed by atoms with Crippen LogP contribution in [-0.2, 0) is 17.8 Å². The van der Waals surface area contributed by atoms with Gasteiger partial charge in [-0.05, 0) is 41.0 Å². The van der Waals surface area contributed by atoms with Gasteiger partial charge in [0.1, 0.15) is 11.9 Å². The molecule has 0 aliphatic heterocycles. The van der Waals surface area contributed by atoms with Crippen LogP contribution in [0.1, 0.15) is 11.1 Å². The molecule has 1 aromatic heterocycles. The number of benzene rings is 2. The van der Waals surface area contributed by atoms with Gasteiger partial charge in [0.2, 0.25) is 0 Å². The first-order valence-electron chi connectivity index (χ1n) is 6.55. The molecule has 0 spiro atoms. The topological polar surface area (TPSA) is 56.2 Å². The lowest BCUT2D eigenvalue weighted by molar-refractivity contribution is -0.107. The molecule has 100 valence electrons. The van der Waals surface area contributed by atoms with Crippen LogP contribution >= 0.6 is 0 Å². The second-order valence-electron chi connectivity index (χ2n) is 4.76. The molecule has 0 atom stereocenters. The van der Waals surface area contributed by atoms with E-state index in [9.17, 15) is 4.79 Å². The van der Waals surface area contributed by atoms with Crippen LogP contribution < -0.4 is 5.73 Å². The zero-order valence-corrected chi connectivity index (χ0v) is 11.0. The Morgan fingerprint density at radius 3 is 2.80 bits per heavy atom. The lowest BCUT2D eigenvalue weighted by Crippen LogP contribution is -1.96. The van der Waals surface area contributed by atoms with E-state index in [0.717, 1.165) is 39.5 Å². The molecule has 0 unspecified atom stereocenters. The van der Waals surface area contributed by atoms with E-state index >= 15 is 0 Å². The van der Waals surface area contributed by atoms with Gasteiger partial charge in [-0.2, -0.15) is 0 Å². The highest BCUT2D eigenvalue weighted by Gasteiger charge is 2.09. The maximum absolute atomic E-state index is 10.8. The number of hydrogen-bond acceptors (Lipinski definition) is 3. The van der Waals surface area contributed by atoms with Crippen LogP contribution in [0.2, 0.25) is 0 Å². The molecule has 2 aromatic carbocycles. The van der Waals surface area contributed by atoms with E-state index in [2.05, 4.69) is 6.07 Å². The van der Waals surface area contributed by atoms with Crippen molar-refractivity contribution < 1.29 is 9.21 Å². The van der Waals surface area contributed by atoms with E-state index in [1.54, 1.807) is 6.26 Å². The second kappa shape index (κ2) is 5.31. The van der Waals surface area contributed by atoms with E-state index in [0.29, 0.717) is 13.0 Å². The van der Waals surface area contributed by atoms with Gasteiger partial charge in [0.25, 0.3) is 0 Å². The van der Waals surface area contributed by atoms with Gasteiger partial charge in [0, 0.05) is 23.9 Å². The minimum absolute atomic E-state index is 0.407. The molecule has 0 aliphatic carbocycles. The molecule has 0 saturated heterocycles. The summed E-state index contributed by atoms with van der Waals surface area (Å²) in [5.74, 6) is 0. The number of furan rings is 1. The van der Waals surface area contributed by atoms with Crippen LogP contribution in [0.3, 0.4) is 0 Å². The third-order valence-electron chi connectivity index (χ3n) is 3.40. The van der Waals surface area contributed by atoms with E-state index in [-0.39, 0.29) is 0 Å². The average Bonchev–Trinajstić information content (AvgIpc) is 2.95. The molecule has 0 aliphatic rings. The summed E-state index contributed by atoms with van der Waals surface area (Å²) in [5.41, 5.74) is 10.7. The Morgan fingerprint density at radius 2 is 2.00 bits per heavy atom. The molecule has 3 rings (SSSR count). The van der Waals surface area contributed by atoms with Gasteiger partial charge >= 0.3 is 0 Å². The Hall–Kier alpha value is -2.39. The molecule has 1 heterocycles. The van der Waals surface area contributed by atoms with Crippen molar-refractivity contribution in [2.45, 2.75) is 13.0 Å². The molecule has 3 heteroatoms. The zero-order valence-electron chi connectivity index (χ0n) is 11.0. The van der Waals surface area contributed by atoms with Crippen molar-refractivity contribution in [2.24, 2.45) is 5.73 Å². The number of hydrogen-bond donors (Lipinski definition) is 1. The highest BCUT2D eigenvalue weighted by molar-refractivity contribution is 5.93. The summed E-state index contributed by atoms with van der Waals surface area (Å²) < 4.78 is 5.59. The minimum atomic E-state index is 0.407. The summed E-state index contributed by atoms with van der Waals surface area (Å²) in [6.07, 6.45) is 3.00. The molecule has 3 nitrogen and oxygen atoms in total. The smallest absolute Gasteiger partial charge is 0.141 e. The van der Waals surface area contributed by atoms with Crippen LogP contribution in [0.5, 0.6) is 0 Å². The minimum Gasteiger partial charge on any atom is -0.464 e. The Labute approximate surface area is 117 Å². The number of aldehydes is 1. The molecule has 0 bridgehead atoms. The van der Waals surface area contributed by atoms with Gasteiger partial charge in [-0.1, -0.05) is 18.2 Å². The zero-order chi connectivity index (χ0) is 13.9. The van der Waals surface area contributed by atoms with E-state index in [4.69, 9.17) is 10.2 Å². The van der Waals surface area contributed by atoms with Crippen molar-refractivity contribution >= 4 is 17.3 Å². The maximum atomic E-state index is 10.8. The molecule has 2 N–H and O–H groups in total. The number of fused-ring (bicyclic) bond motifs is 1. The van der Waals surface area contributed by atoms with Crippen LogP contribution in [0.25, 0.3) is 22.1 Å². The number of rotatable bonds is 4. The average molecular weight is 265 g/mol. The molecule has 0 amide bonds. The first-order valence-corrected chi connectivity index (χ1v) is 6.55. The first-order chi connectivity index (χ1) is 9.81. The lowest BCUT2D eigenvalue weighted by atomic mass is 9.98. The monoisotopic (exact) mass is 265 g/mol. The fourth-order valence-corrected chi connectivity index (χ4v) is 2.44. The third kappa shape index (κ3) is 2.24. The molecule has 3 aromatic rings. The van der Waals surface area contributed by atoms with Crippen LogP contribution in [0, 0.1) is 0 Å². The van der Waals surface area contributed by atoms with E-state index in [1.165, 1.54) is 0 Å². The van der Waals surface area contributed by atoms with Gasteiger partial charge in [0.15, 0.2) is 0 Å². The van der Waals surface area contributed by atoms with Crippen LogP contribution in [-0.4, -0.2) is 6.29 Å². The summed E-state index contributed by atoms with van der Waals surface area (Å²) in [6.45, 7) is 0.503. The highest BCUT2D eigenvalue weighted by Crippen LogP contribution is 2.31. The highest BCUT2D eigenvalue weighted by atomic mass is 16.3. The van der Waals surface area contributed by atoms with Crippen molar-refractivity contribution in [1.82, 2.24) is 0 Å². The summed E-state index contributed by atoms with van der Waals surface area (Å²) >= 11 is 0. The Kier molecular flexibility index (Phi) is 3.35. The number of carbonyl (C=O) groups is 1. The molecular formula is C17H15NO2. The quantitative estimate of drug-likeness (QED) is 0.736. The first kappa shape index (κ1) is 12.6. The van der Waals surface area contributed by atoms with E-state index in [1.807, 2.05) is 36.4 Å². The fourth-order valence-electron chi connectivity index (χ4n) is 2.44. The Bertz CT molecular complexity index is 759. The van der Waals surface area contributed by atoms with Gasteiger partial charge in [-0.25, -0.2) is 0 Å². The van der Waals surface area contributed by atoms with Crippen molar-refractivity contribution in [1.29, 1.82) is 0 Å². The van der Waals surface area contributed by atoms with Gasteiger partial charge < -0.3 is 14.9 Å². The molecular weight excluding hydrogens is 250 g/mol. The standard InChI is InChI=1S/C17H15NO2/c18-11-13-2-1-3-14(9-13)16-10-12(4-6-19)8-15-5-7-20-17(15)16/h1-3,5-10H,4,11,18H2. The van der Waals surface area contributed by atoms with Crippen molar-refractivity contribution in [3.05, 3.63) is 59.9 Å². The molecule has 0 fully saturated rings. The molecule has 0 radical (unpaired) electrons. The van der Waals surface area contributed by atoms with Crippen molar-refractivity contribution in [2.75, 3.05) is 0 Å². The van der Waals surface area contributed by atoms with Gasteiger partial charge in [-0.15, -0.1) is 0 Å². The predicted molar refractivity (Wildman–Crippen MR) is 79.3 cm³/mol. The van der Waals surface area contributed by atoms with Crippen LogP contribution in [0.15, 0.2) is 53.1 Å². The normalized spacial score (nSPS) is 10.8. The summed E-state index contributed by atoms with van der Waals surface area (Å²) in [6, 6.07) is 14.0. The molecule has 20 heavy (non-hydrogen) atoms. The van der Waals surface area contributed by atoms with E-state index < -0.39 is 0 Å². The Balaban J connectivity index is 2.22. The SMILES string of the molecule is NCc1cccc(-c2cc(CC=O)cc3ccoc23)c1. The van der Waals surface area contributed by atoms with Crippen molar-refractivity contribution in [3.63, 3.8) is 0 Å². The number of carbonyl (C=O) groups excluding carboxylic acids is 1.